The van der Waals surface area contributed by atoms with E-state index in [0.29, 0.717) is 17.0 Å². The highest BCUT2D eigenvalue weighted by atomic mass is 32.2. The van der Waals surface area contributed by atoms with Crippen LogP contribution < -0.4 is 10.1 Å². The summed E-state index contributed by atoms with van der Waals surface area (Å²) in [4.78, 5) is 16.8. The summed E-state index contributed by atoms with van der Waals surface area (Å²) in [6.45, 7) is 7.57. The van der Waals surface area contributed by atoms with Crippen LogP contribution in [-0.4, -0.2) is 23.3 Å². The number of nitrogens with zero attached hydrogens (tertiary/aromatic N) is 2. The Bertz CT molecular complexity index is 1280. The van der Waals surface area contributed by atoms with Crippen molar-refractivity contribution in [3.63, 3.8) is 0 Å². The number of pyridine rings is 1. The van der Waals surface area contributed by atoms with Crippen molar-refractivity contribution in [1.29, 1.82) is 5.26 Å². The van der Waals surface area contributed by atoms with Gasteiger partial charge in [-0.1, -0.05) is 36.5 Å². The number of rotatable bonds is 8. The Kier molecular flexibility index (Phi) is 8.20. The lowest BCUT2D eigenvalue weighted by Gasteiger charge is -2.15. The number of carbonyl (C=O) groups is 1. The summed E-state index contributed by atoms with van der Waals surface area (Å²) in [6, 6.07) is 14.4. The summed E-state index contributed by atoms with van der Waals surface area (Å²) < 4.78 is 46.8. The van der Waals surface area contributed by atoms with Crippen molar-refractivity contribution in [3.8, 4) is 23.1 Å². The Morgan fingerprint density at radius 2 is 1.91 bits per heavy atom. The number of anilines is 1. The van der Waals surface area contributed by atoms with Crippen LogP contribution in [0, 0.1) is 25.2 Å². The molecule has 0 aliphatic rings. The van der Waals surface area contributed by atoms with E-state index in [-0.39, 0.29) is 23.1 Å². The van der Waals surface area contributed by atoms with Gasteiger partial charge in [-0.25, -0.2) is 4.98 Å². The van der Waals surface area contributed by atoms with Gasteiger partial charge in [-0.15, -0.1) is 0 Å². The van der Waals surface area contributed by atoms with Gasteiger partial charge in [0.1, 0.15) is 23.5 Å². The van der Waals surface area contributed by atoms with Crippen LogP contribution in [-0.2, 0) is 11.0 Å². The molecule has 0 saturated carbocycles. The van der Waals surface area contributed by atoms with Crippen LogP contribution in [0.3, 0.4) is 0 Å². The molecule has 0 spiro atoms. The summed E-state index contributed by atoms with van der Waals surface area (Å²) in [6.07, 6.45) is -3.20. The molecule has 0 aliphatic heterocycles. The third-order valence-electron chi connectivity index (χ3n) is 4.93. The van der Waals surface area contributed by atoms with Crippen molar-refractivity contribution in [2.24, 2.45) is 0 Å². The van der Waals surface area contributed by atoms with Gasteiger partial charge in [0.05, 0.1) is 22.6 Å². The van der Waals surface area contributed by atoms with Gasteiger partial charge >= 0.3 is 6.18 Å². The van der Waals surface area contributed by atoms with Gasteiger partial charge in [0.25, 0.3) is 0 Å². The van der Waals surface area contributed by atoms with Crippen molar-refractivity contribution < 1.29 is 22.7 Å². The van der Waals surface area contributed by atoms with Crippen LogP contribution in [0.1, 0.15) is 22.3 Å². The minimum absolute atomic E-state index is 0.0315. The average molecular weight is 498 g/mol. The molecule has 1 aromatic heterocycles. The fourth-order valence-corrected chi connectivity index (χ4v) is 3.98. The van der Waals surface area contributed by atoms with E-state index in [1.54, 1.807) is 36.4 Å². The van der Waals surface area contributed by atoms with Gasteiger partial charge in [-0.05, 0) is 61.4 Å². The Morgan fingerprint density at radius 3 is 2.54 bits per heavy atom. The molecule has 0 fully saturated rings. The fourth-order valence-electron chi connectivity index (χ4n) is 3.17. The van der Waals surface area contributed by atoms with E-state index >= 15 is 0 Å². The van der Waals surface area contributed by atoms with E-state index in [4.69, 9.17) is 4.74 Å². The number of aryl methyl sites for hydroxylation is 2. The second-order valence-electron chi connectivity index (χ2n) is 7.62. The zero-order chi connectivity index (χ0) is 25.6. The van der Waals surface area contributed by atoms with E-state index < -0.39 is 23.2 Å². The fraction of sp³-hybridized carbons (Fsp3) is 0.192. The van der Waals surface area contributed by atoms with Crippen molar-refractivity contribution in [3.05, 3.63) is 83.4 Å². The Balaban J connectivity index is 1.91. The first kappa shape index (κ1) is 25.8. The molecule has 1 amide bonds. The molecule has 35 heavy (non-hydrogen) atoms. The van der Waals surface area contributed by atoms with E-state index in [9.17, 15) is 23.2 Å². The molecule has 3 aromatic rings. The number of thioether (sulfide) groups is 1. The predicted molar refractivity (Wildman–Crippen MR) is 130 cm³/mol. The first-order valence-corrected chi connectivity index (χ1v) is 11.5. The molecule has 0 radical (unpaired) electrons. The number of benzene rings is 2. The van der Waals surface area contributed by atoms with Crippen molar-refractivity contribution >= 4 is 23.4 Å². The lowest BCUT2D eigenvalue weighted by molar-refractivity contribution is -0.138. The monoisotopic (exact) mass is 497 g/mol. The molecule has 2 aromatic carbocycles. The lowest BCUT2D eigenvalue weighted by atomic mass is 10.1. The third-order valence-corrected chi connectivity index (χ3v) is 5.90. The zero-order valence-electron chi connectivity index (χ0n) is 19.1. The number of aromatic nitrogens is 1. The van der Waals surface area contributed by atoms with Crippen LogP contribution in [0.4, 0.5) is 18.9 Å². The summed E-state index contributed by atoms with van der Waals surface area (Å²) in [5.41, 5.74) is 1.15. The van der Waals surface area contributed by atoms with Crippen LogP contribution in [0.2, 0.25) is 0 Å². The maximum absolute atomic E-state index is 13.8. The molecule has 0 bridgehead atoms. The highest BCUT2D eigenvalue weighted by molar-refractivity contribution is 8.00. The van der Waals surface area contributed by atoms with E-state index in [2.05, 4.69) is 16.9 Å². The molecule has 0 unspecified atom stereocenters. The largest absolute Gasteiger partial charge is 0.490 e. The summed E-state index contributed by atoms with van der Waals surface area (Å²) in [5, 5.41) is 12.1. The quantitative estimate of drug-likeness (QED) is 0.282. The molecule has 5 nitrogen and oxygen atoms in total. The first-order valence-electron chi connectivity index (χ1n) is 10.5. The smallest absolute Gasteiger partial charge is 0.417 e. The average Bonchev–Trinajstić information content (AvgIpc) is 2.82. The predicted octanol–water partition coefficient (Wildman–Crippen LogP) is 6.55. The number of nitrogens with one attached hydrogen (secondary N) is 1. The standard InChI is InChI=1S/C26H22F3N3O2S/c1-4-11-34-19-9-7-18(8-10-19)23-13-21(26(27,28)29)20(14-30)25(32-23)35-15-24(33)31-22-12-16(2)5-6-17(22)3/h4-10,12-13H,1,11,15H2,2-3H3,(H,31,33). The number of alkyl halides is 3. The second-order valence-corrected chi connectivity index (χ2v) is 8.59. The molecular formula is C26H22F3N3O2S. The van der Waals surface area contributed by atoms with Gasteiger partial charge in [0.15, 0.2) is 0 Å². The van der Waals surface area contributed by atoms with E-state index in [1.807, 2.05) is 32.0 Å². The number of halogens is 3. The second kappa shape index (κ2) is 11.1. The topological polar surface area (TPSA) is 75.0 Å². The van der Waals surface area contributed by atoms with Crippen molar-refractivity contribution in [2.45, 2.75) is 25.0 Å². The Hall–Kier alpha value is -3.77. The van der Waals surface area contributed by atoms with Gasteiger partial charge in [0, 0.05) is 11.3 Å². The number of hydrogen-bond donors (Lipinski definition) is 1. The lowest BCUT2D eigenvalue weighted by Crippen LogP contribution is -2.16. The summed E-state index contributed by atoms with van der Waals surface area (Å²) in [7, 11) is 0. The molecule has 1 heterocycles. The number of hydrogen-bond acceptors (Lipinski definition) is 5. The number of carbonyl (C=O) groups excluding carboxylic acids is 1. The van der Waals surface area contributed by atoms with Gasteiger partial charge < -0.3 is 10.1 Å². The summed E-state index contributed by atoms with van der Waals surface area (Å²) >= 11 is 0.781. The Morgan fingerprint density at radius 1 is 1.20 bits per heavy atom. The van der Waals surface area contributed by atoms with Gasteiger partial charge in [-0.3, -0.25) is 4.79 Å². The minimum Gasteiger partial charge on any atom is -0.490 e. The number of amides is 1. The van der Waals surface area contributed by atoms with E-state index in [1.165, 1.54) is 0 Å². The normalized spacial score (nSPS) is 11.0. The van der Waals surface area contributed by atoms with Crippen LogP contribution in [0.25, 0.3) is 11.3 Å². The molecule has 3 rings (SSSR count). The van der Waals surface area contributed by atoms with Crippen LogP contribution in [0.15, 0.2) is 66.2 Å². The van der Waals surface area contributed by atoms with Gasteiger partial charge in [0.2, 0.25) is 5.91 Å². The Labute approximate surface area is 205 Å². The van der Waals surface area contributed by atoms with Crippen LogP contribution >= 0.6 is 11.8 Å². The van der Waals surface area contributed by atoms with Crippen molar-refractivity contribution in [1.82, 2.24) is 4.98 Å². The molecular weight excluding hydrogens is 475 g/mol. The molecule has 0 saturated heterocycles. The molecule has 1 N–H and O–H groups in total. The van der Waals surface area contributed by atoms with Crippen molar-refractivity contribution in [2.75, 3.05) is 17.7 Å². The maximum atomic E-state index is 13.8. The number of ether oxygens (including phenoxy) is 1. The number of nitriles is 1. The molecule has 0 atom stereocenters. The molecule has 180 valence electrons. The van der Waals surface area contributed by atoms with Gasteiger partial charge in [-0.2, -0.15) is 18.4 Å². The third kappa shape index (κ3) is 6.64. The zero-order valence-corrected chi connectivity index (χ0v) is 19.9. The van der Waals surface area contributed by atoms with Crippen LogP contribution in [0.5, 0.6) is 5.75 Å². The minimum atomic E-state index is -4.77. The van der Waals surface area contributed by atoms with E-state index in [0.717, 1.165) is 29.0 Å². The highest BCUT2D eigenvalue weighted by Gasteiger charge is 2.36. The molecule has 9 heteroatoms. The highest BCUT2D eigenvalue weighted by Crippen LogP contribution is 2.38. The SMILES string of the molecule is C=CCOc1ccc(-c2cc(C(F)(F)F)c(C#N)c(SCC(=O)Nc3cc(C)ccc3C)n2)cc1. The first-order chi connectivity index (χ1) is 16.6. The summed E-state index contributed by atoms with van der Waals surface area (Å²) in [5.74, 6) is -0.113. The molecule has 0 aliphatic carbocycles. The maximum Gasteiger partial charge on any atom is 0.417 e.